The number of fused-ring (bicyclic) bond motifs is 1. The molecule has 26 heavy (non-hydrogen) atoms. The molecule has 8 nitrogen and oxygen atoms in total. The molecule has 0 radical (unpaired) electrons. The summed E-state index contributed by atoms with van der Waals surface area (Å²) in [5.74, 6) is 1.07. The van der Waals surface area contributed by atoms with E-state index in [2.05, 4.69) is 51.6 Å². The van der Waals surface area contributed by atoms with Gasteiger partial charge in [-0.25, -0.2) is 0 Å². The van der Waals surface area contributed by atoms with Crippen molar-refractivity contribution < 1.29 is 0 Å². The van der Waals surface area contributed by atoms with Crippen LogP contribution in [0.5, 0.6) is 0 Å². The van der Waals surface area contributed by atoms with Crippen molar-refractivity contribution in [2.24, 2.45) is 0 Å². The molecule has 0 spiro atoms. The fourth-order valence-electron chi connectivity index (χ4n) is 2.39. The molecule has 0 aliphatic heterocycles. The fourth-order valence-corrected chi connectivity index (χ4v) is 2.74. The van der Waals surface area contributed by atoms with Crippen molar-refractivity contribution in [1.29, 1.82) is 0 Å². The van der Waals surface area contributed by atoms with E-state index < -0.39 is 0 Å². The molecule has 0 atom stereocenters. The first-order chi connectivity index (χ1) is 12.8. The predicted octanol–water partition coefficient (Wildman–Crippen LogP) is 2.90. The molecule has 2 N–H and O–H groups in total. The Morgan fingerprint density at radius 2 is 1.58 bits per heavy atom. The SMILES string of the molecule is Brc1cnn2c(NCc3ccccn3)nc(NCc3ccccn3)nc12. The van der Waals surface area contributed by atoms with Crippen molar-refractivity contribution in [2.45, 2.75) is 13.1 Å². The van der Waals surface area contributed by atoms with Gasteiger partial charge in [0.2, 0.25) is 11.9 Å². The van der Waals surface area contributed by atoms with Crippen LogP contribution in [0.4, 0.5) is 11.9 Å². The Morgan fingerprint density at radius 1 is 0.885 bits per heavy atom. The first kappa shape index (κ1) is 16.4. The standard InChI is InChI=1S/C17H15BrN8/c18-14-11-23-26-15(14)24-16(21-9-12-5-1-3-7-19-12)25-17(26)22-10-13-6-2-4-8-20-13/h1-8,11H,9-10H2,(H2,21,22,24,25). The molecular formula is C17H15BrN8. The zero-order valence-electron chi connectivity index (χ0n) is 13.7. The summed E-state index contributed by atoms with van der Waals surface area (Å²) in [5, 5.41) is 10.8. The highest BCUT2D eigenvalue weighted by atomic mass is 79.9. The van der Waals surface area contributed by atoms with E-state index in [0.29, 0.717) is 30.6 Å². The van der Waals surface area contributed by atoms with Crippen LogP contribution in [-0.4, -0.2) is 29.5 Å². The van der Waals surface area contributed by atoms with E-state index in [1.807, 2.05) is 36.4 Å². The van der Waals surface area contributed by atoms with Crippen LogP contribution in [0, 0.1) is 0 Å². The number of rotatable bonds is 6. The predicted molar refractivity (Wildman–Crippen MR) is 102 cm³/mol. The largest absolute Gasteiger partial charge is 0.348 e. The van der Waals surface area contributed by atoms with Gasteiger partial charge >= 0.3 is 0 Å². The van der Waals surface area contributed by atoms with Gasteiger partial charge in [-0.05, 0) is 40.2 Å². The molecule has 0 amide bonds. The minimum Gasteiger partial charge on any atom is -0.348 e. The molecule has 9 heteroatoms. The average molecular weight is 411 g/mol. The quantitative estimate of drug-likeness (QED) is 0.504. The second-order valence-electron chi connectivity index (χ2n) is 5.45. The van der Waals surface area contributed by atoms with E-state index in [1.165, 1.54) is 0 Å². The molecular weight excluding hydrogens is 396 g/mol. The van der Waals surface area contributed by atoms with Crippen molar-refractivity contribution in [3.63, 3.8) is 0 Å². The minimum atomic E-state index is 0.493. The van der Waals surface area contributed by atoms with Crippen LogP contribution in [0.25, 0.3) is 5.65 Å². The van der Waals surface area contributed by atoms with Crippen molar-refractivity contribution in [2.75, 3.05) is 10.6 Å². The summed E-state index contributed by atoms with van der Waals surface area (Å²) in [6.07, 6.45) is 5.21. The Morgan fingerprint density at radius 3 is 2.23 bits per heavy atom. The third-order valence-electron chi connectivity index (χ3n) is 3.63. The summed E-state index contributed by atoms with van der Waals surface area (Å²) in [4.78, 5) is 17.7. The smallest absolute Gasteiger partial charge is 0.229 e. The van der Waals surface area contributed by atoms with Crippen LogP contribution < -0.4 is 10.6 Å². The Labute approximate surface area is 157 Å². The Kier molecular flexibility index (Phi) is 4.69. The van der Waals surface area contributed by atoms with Crippen LogP contribution in [0.1, 0.15) is 11.4 Å². The van der Waals surface area contributed by atoms with Gasteiger partial charge in [-0.3, -0.25) is 9.97 Å². The number of nitrogens with one attached hydrogen (secondary N) is 2. The number of hydrogen-bond donors (Lipinski definition) is 2. The van der Waals surface area contributed by atoms with E-state index in [4.69, 9.17) is 0 Å². The third-order valence-corrected chi connectivity index (χ3v) is 4.19. The second-order valence-corrected chi connectivity index (χ2v) is 6.30. The highest BCUT2D eigenvalue weighted by molar-refractivity contribution is 9.10. The lowest BCUT2D eigenvalue weighted by Gasteiger charge is -2.10. The summed E-state index contributed by atoms with van der Waals surface area (Å²) in [6.45, 7) is 1.06. The molecule has 4 rings (SSSR count). The lowest BCUT2D eigenvalue weighted by atomic mass is 10.3. The number of aromatic nitrogens is 6. The van der Waals surface area contributed by atoms with Crippen molar-refractivity contribution in [3.8, 4) is 0 Å². The Balaban J connectivity index is 1.59. The summed E-state index contributed by atoms with van der Waals surface area (Å²) < 4.78 is 2.44. The Hall–Kier alpha value is -3.07. The van der Waals surface area contributed by atoms with Gasteiger partial charge in [0.05, 0.1) is 35.1 Å². The van der Waals surface area contributed by atoms with Crippen LogP contribution >= 0.6 is 15.9 Å². The zero-order chi connectivity index (χ0) is 17.8. The van der Waals surface area contributed by atoms with Crippen LogP contribution in [0.2, 0.25) is 0 Å². The monoisotopic (exact) mass is 410 g/mol. The molecule has 4 heterocycles. The van der Waals surface area contributed by atoms with Crippen molar-refractivity contribution in [3.05, 3.63) is 70.8 Å². The summed E-state index contributed by atoms with van der Waals surface area (Å²) >= 11 is 3.47. The van der Waals surface area contributed by atoms with E-state index in [1.54, 1.807) is 23.1 Å². The minimum absolute atomic E-state index is 0.493. The van der Waals surface area contributed by atoms with Gasteiger partial charge in [0.15, 0.2) is 5.65 Å². The number of halogens is 1. The van der Waals surface area contributed by atoms with Gasteiger partial charge in [0.25, 0.3) is 0 Å². The van der Waals surface area contributed by atoms with Gasteiger partial charge in [-0.15, -0.1) is 0 Å². The van der Waals surface area contributed by atoms with E-state index in [-0.39, 0.29) is 0 Å². The molecule has 0 aromatic carbocycles. The summed E-state index contributed by atoms with van der Waals surface area (Å²) in [6, 6.07) is 11.6. The van der Waals surface area contributed by atoms with E-state index >= 15 is 0 Å². The maximum absolute atomic E-state index is 4.54. The molecule has 4 aromatic heterocycles. The van der Waals surface area contributed by atoms with Crippen molar-refractivity contribution in [1.82, 2.24) is 29.5 Å². The number of nitrogens with zero attached hydrogens (tertiary/aromatic N) is 6. The van der Waals surface area contributed by atoms with Crippen LogP contribution in [0.15, 0.2) is 59.5 Å². The number of anilines is 2. The number of pyridine rings is 2. The first-order valence-electron chi connectivity index (χ1n) is 7.98. The third kappa shape index (κ3) is 3.62. The molecule has 0 unspecified atom stereocenters. The lowest BCUT2D eigenvalue weighted by molar-refractivity contribution is 0.869. The summed E-state index contributed by atoms with van der Waals surface area (Å²) in [7, 11) is 0. The highest BCUT2D eigenvalue weighted by Gasteiger charge is 2.12. The van der Waals surface area contributed by atoms with Gasteiger partial charge in [-0.1, -0.05) is 12.1 Å². The highest BCUT2D eigenvalue weighted by Crippen LogP contribution is 2.20. The van der Waals surface area contributed by atoms with Gasteiger partial charge in [0, 0.05) is 12.4 Å². The second kappa shape index (κ2) is 7.44. The summed E-state index contributed by atoms with van der Waals surface area (Å²) in [5.41, 5.74) is 2.49. The topological polar surface area (TPSA) is 92.9 Å². The molecule has 0 aliphatic carbocycles. The van der Waals surface area contributed by atoms with Gasteiger partial charge in [-0.2, -0.15) is 19.6 Å². The average Bonchev–Trinajstić information content (AvgIpc) is 3.07. The molecule has 0 saturated heterocycles. The van der Waals surface area contributed by atoms with E-state index in [9.17, 15) is 0 Å². The van der Waals surface area contributed by atoms with E-state index in [0.717, 1.165) is 15.9 Å². The maximum Gasteiger partial charge on any atom is 0.229 e. The zero-order valence-corrected chi connectivity index (χ0v) is 15.3. The number of hydrogen-bond acceptors (Lipinski definition) is 7. The Bertz CT molecular complexity index is 1000. The molecule has 4 aromatic rings. The van der Waals surface area contributed by atoms with Gasteiger partial charge in [0.1, 0.15) is 0 Å². The van der Waals surface area contributed by atoms with Crippen LogP contribution in [-0.2, 0) is 13.1 Å². The molecule has 130 valence electrons. The molecule has 0 bridgehead atoms. The fraction of sp³-hybridized carbons (Fsp3) is 0.118. The first-order valence-corrected chi connectivity index (χ1v) is 8.78. The van der Waals surface area contributed by atoms with Gasteiger partial charge < -0.3 is 10.6 Å². The normalized spacial score (nSPS) is 10.8. The molecule has 0 aliphatic rings. The van der Waals surface area contributed by atoms with Crippen LogP contribution in [0.3, 0.4) is 0 Å². The lowest BCUT2D eigenvalue weighted by Crippen LogP contribution is -2.12. The molecule has 0 saturated carbocycles. The van der Waals surface area contributed by atoms with Crippen molar-refractivity contribution >= 4 is 33.5 Å². The maximum atomic E-state index is 4.54. The molecule has 0 fully saturated rings.